The van der Waals surface area contributed by atoms with E-state index in [-0.39, 0.29) is 38.5 Å². The zero-order valence-electron chi connectivity index (χ0n) is 31.9. The van der Waals surface area contributed by atoms with Crippen molar-refractivity contribution in [3.63, 3.8) is 0 Å². The smallest absolute Gasteiger partial charge is 0.462 e. The maximum atomic E-state index is 12.6. The molecule has 0 aliphatic heterocycles. The Morgan fingerprint density at radius 3 is 1.56 bits per heavy atom. The molecule has 2 unspecified atom stereocenters. The molecule has 0 bridgehead atoms. The minimum Gasteiger partial charge on any atom is -0.462 e. The van der Waals surface area contributed by atoms with Crippen LogP contribution in [0.15, 0.2) is 0 Å². The third kappa shape index (κ3) is 32.8. The molecule has 0 aromatic heterocycles. The van der Waals surface area contributed by atoms with Gasteiger partial charge >= 0.3 is 19.8 Å². The normalized spacial score (nSPS) is 13.8. The second kappa shape index (κ2) is 35.0. The van der Waals surface area contributed by atoms with Crippen LogP contribution in [0.2, 0.25) is 0 Å². The Labute approximate surface area is 310 Å². The largest absolute Gasteiger partial charge is 0.472 e. The summed E-state index contributed by atoms with van der Waals surface area (Å²) in [5, 5.41) is 0. The summed E-state index contributed by atoms with van der Waals surface area (Å²) in [6.07, 6.45) is 28.4. The minimum absolute atomic E-state index is 0.0397. The Kier molecular flexibility index (Phi) is 34.2. The third-order valence-corrected chi connectivity index (χ3v) is 10.3. The summed E-state index contributed by atoms with van der Waals surface area (Å²) >= 11 is 5.29. The molecule has 12 heteroatoms. The summed E-state index contributed by atoms with van der Waals surface area (Å²) in [5.74, 6) is -0.843. The maximum absolute atomic E-state index is 12.6. The Hall–Kier alpha value is -1.10. The molecule has 5 N–H and O–H groups in total. The first-order valence-corrected chi connectivity index (χ1v) is 22.0. The van der Waals surface area contributed by atoms with Gasteiger partial charge in [0.1, 0.15) is 6.61 Å². The van der Waals surface area contributed by atoms with Crippen LogP contribution in [0.5, 0.6) is 0 Å². The van der Waals surface area contributed by atoms with Crippen molar-refractivity contribution >= 4 is 37.0 Å². The first-order valence-electron chi connectivity index (χ1n) is 20.1. The Balaban J connectivity index is 4.46. The number of unbranched alkanes of at least 4 members (excludes halogenated alkanes) is 20. The number of rotatable bonds is 38. The fourth-order valence-electron chi connectivity index (χ4n) is 5.91. The molecule has 0 aromatic rings. The van der Waals surface area contributed by atoms with Crippen molar-refractivity contribution in [3.05, 3.63) is 0 Å². The molecule has 10 nitrogen and oxygen atoms in total. The topological polar surface area (TPSA) is 160 Å². The number of carbonyl (C=O) groups is 2. The molecule has 0 spiro atoms. The number of hydrogen-bond donors (Lipinski definition) is 3. The lowest BCUT2D eigenvalue weighted by Crippen LogP contribution is -2.29. The summed E-state index contributed by atoms with van der Waals surface area (Å²) in [7, 11) is -4.40. The van der Waals surface area contributed by atoms with Gasteiger partial charge < -0.3 is 25.8 Å². The molecule has 0 heterocycles. The van der Waals surface area contributed by atoms with Crippen molar-refractivity contribution < 1.29 is 37.6 Å². The molecule has 0 aliphatic carbocycles. The zero-order valence-corrected chi connectivity index (χ0v) is 33.6. The number of phosphoric acid groups is 1. The number of ether oxygens (including phenoxy) is 2. The molecule has 3 atom stereocenters. The lowest BCUT2D eigenvalue weighted by molar-refractivity contribution is -0.161. The van der Waals surface area contributed by atoms with Crippen LogP contribution >= 0.6 is 20.0 Å². The molecule has 296 valence electrons. The molecule has 0 radical (unpaired) electrons. The predicted octanol–water partition coefficient (Wildman–Crippen LogP) is 10.0. The van der Waals surface area contributed by atoms with E-state index in [4.69, 9.17) is 42.2 Å². The van der Waals surface area contributed by atoms with E-state index in [1.807, 2.05) is 0 Å². The summed E-state index contributed by atoms with van der Waals surface area (Å²) < 4.78 is 32.8. The van der Waals surface area contributed by atoms with Crippen molar-refractivity contribution in [1.29, 1.82) is 0 Å². The monoisotopic (exact) mass is 750 g/mol. The molecular weight excluding hydrogens is 675 g/mol. The van der Waals surface area contributed by atoms with Gasteiger partial charge in [-0.3, -0.25) is 18.6 Å². The molecule has 0 aliphatic rings. The summed E-state index contributed by atoms with van der Waals surface area (Å²) in [6.45, 7) is 3.59. The van der Waals surface area contributed by atoms with E-state index in [0.29, 0.717) is 24.3 Å². The molecule has 0 saturated heterocycles. The number of hydrogen-bond acceptors (Lipinski definition) is 9. The lowest BCUT2D eigenvalue weighted by Gasteiger charge is -2.20. The fraction of sp³-hybridized carbons (Fsp3) is 0.921. The van der Waals surface area contributed by atoms with Gasteiger partial charge in [0, 0.05) is 25.3 Å². The Bertz CT molecular complexity index is 882. The highest BCUT2D eigenvalue weighted by Crippen LogP contribution is 2.43. The van der Waals surface area contributed by atoms with Gasteiger partial charge in [0.05, 0.1) is 18.2 Å². The number of carbonyl (C=O) groups excluding carboxylic acids is 2. The van der Waals surface area contributed by atoms with Crippen LogP contribution in [0.3, 0.4) is 0 Å². The molecule has 0 rings (SSSR count). The fourth-order valence-corrected chi connectivity index (χ4v) is 6.91. The first kappa shape index (κ1) is 48.9. The van der Waals surface area contributed by atoms with Gasteiger partial charge in [0.25, 0.3) is 0 Å². The van der Waals surface area contributed by atoms with Crippen LogP contribution in [0.1, 0.15) is 187 Å². The summed E-state index contributed by atoms with van der Waals surface area (Å²) in [6, 6.07) is 0. The molecular formula is C38H75N2O8PS. The highest BCUT2D eigenvalue weighted by Gasteiger charge is 2.26. The van der Waals surface area contributed by atoms with E-state index in [1.165, 1.54) is 103 Å². The molecule has 0 aromatic carbocycles. The Morgan fingerprint density at radius 2 is 1.08 bits per heavy atom. The standard InChI is InChI=1S/C38H75N2O8PS/c1-3-5-7-9-11-13-14-15-16-18-20-22-24-28-37(42)48-35(33-47-49(43,44)46-31-30-39)32-45-36(41)29-25-27-34(38(40)50)26-23-21-19-17-12-10-8-6-4-2/h34-35H,3-33,39H2,1-2H3,(H2,40,50)(H,43,44)/t34?,35-/m1/s1. The van der Waals surface area contributed by atoms with Crippen LogP contribution in [0.25, 0.3) is 0 Å². The number of esters is 2. The second-order valence-corrected chi connectivity index (χ2v) is 15.7. The van der Waals surface area contributed by atoms with Gasteiger partial charge in [0.15, 0.2) is 6.10 Å². The summed E-state index contributed by atoms with van der Waals surface area (Å²) in [5.41, 5.74) is 11.3. The van der Waals surface area contributed by atoms with Gasteiger partial charge in [0.2, 0.25) is 0 Å². The van der Waals surface area contributed by atoms with E-state index in [1.54, 1.807) is 0 Å². The van der Waals surface area contributed by atoms with Crippen LogP contribution in [0, 0.1) is 5.92 Å². The zero-order chi connectivity index (χ0) is 37.1. The van der Waals surface area contributed by atoms with Gasteiger partial charge in [-0.05, 0) is 25.7 Å². The van der Waals surface area contributed by atoms with Crippen LogP contribution in [0.4, 0.5) is 0 Å². The average molecular weight is 751 g/mol. The lowest BCUT2D eigenvalue weighted by atomic mass is 9.95. The SMILES string of the molecule is CCCCCCCCCCCCCCCC(=O)O[C@H](COC(=O)CCCC(CCCCCCCCCCC)C(N)=S)COP(=O)(O)OCCN. The first-order chi connectivity index (χ1) is 24.1. The highest BCUT2D eigenvalue weighted by atomic mass is 32.1. The number of phosphoric ester groups is 1. The van der Waals surface area contributed by atoms with Gasteiger partial charge in [-0.2, -0.15) is 0 Å². The molecule has 0 saturated carbocycles. The third-order valence-electron chi connectivity index (χ3n) is 9.00. The predicted molar refractivity (Wildman–Crippen MR) is 208 cm³/mol. The van der Waals surface area contributed by atoms with E-state index in [0.717, 1.165) is 38.5 Å². The van der Waals surface area contributed by atoms with Crippen molar-refractivity contribution in [2.45, 2.75) is 193 Å². The highest BCUT2D eigenvalue weighted by molar-refractivity contribution is 7.80. The molecule has 0 amide bonds. The minimum atomic E-state index is -4.40. The average Bonchev–Trinajstić information content (AvgIpc) is 3.08. The van der Waals surface area contributed by atoms with E-state index in [2.05, 4.69) is 13.8 Å². The van der Waals surface area contributed by atoms with Crippen molar-refractivity contribution in [3.8, 4) is 0 Å². The molecule has 0 fully saturated rings. The van der Waals surface area contributed by atoms with Gasteiger partial charge in [-0.25, -0.2) is 4.57 Å². The van der Waals surface area contributed by atoms with Gasteiger partial charge in [-0.15, -0.1) is 0 Å². The summed E-state index contributed by atoms with van der Waals surface area (Å²) in [4.78, 5) is 35.5. The van der Waals surface area contributed by atoms with E-state index >= 15 is 0 Å². The van der Waals surface area contributed by atoms with Crippen molar-refractivity contribution in [2.24, 2.45) is 17.4 Å². The second-order valence-electron chi connectivity index (χ2n) is 13.8. The van der Waals surface area contributed by atoms with Crippen LogP contribution < -0.4 is 11.5 Å². The van der Waals surface area contributed by atoms with Gasteiger partial charge in [-0.1, -0.05) is 161 Å². The maximum Gasteiger partial charge on any atom is 0.472 e. The number of thiocarbonyl (C=S) groups is 1. The quantitative estimate of drug-likeness (QED) is 0.0238. The van der Waals surface area contributed by atoms with Crippen molar-refractivity contribution in [2.75, 3.05) is 26.4 Å². The Morgan fingerprint density at radius 1 is 0.640 bits per heavy atom. The van der Waals surface area contributed by atoms with Crippen LogP contribution in [-0.2, 0) is 32.7 Å². The number of nitrogens with two attached hydrogens (primary N) is 2. The molecule has 50 heavy (non-hydrogen) atoms. The van der Waals surface area contributed by atoms with E-state index < -0.39 is 32.5 Å². The van der Waals surface area contributed by atoms with Crippen molar-refractivity contribution in [1.82, 2.24) is 0 Å². The van der Waals surface area contributed by atoms with Crippen LogP contribution in [-0.4, -0.2) is 54.3 Å². The van der Waals surface area contributed by atoms with E-state index in [9.17, 15) is 19.0 Å².